The highest BCUT2D eigenvalue weighted by Crippen LogP contribution is 2.32. The Morgan fingerprint density at radius 2 is 1.58 bits per heavy atom. The van der Waals surface area contributed by atoms with E-state index in [0.717, 1.165) is 33.1 Å². The number of aliphatic imine (C=N–C) groups is 2. The summed E-state index contributed by atoms with van der Waals surface area (Å²) in [6, 6.07) is 23.9. The Morgan fingerprint density at radius 3 is 2.46 bits per heavy atom. The summed E-state index contributed by atoms with van der Waals surface area (Å²) in [5.41, 5.74) is 3.61. The number of rotatable bonds is 2. The van der Waals surface area contributed by atoms with Gasteiger partial charge in [0.05, 0.1) is 0 Å². The first-order valence-corrected chi connectivity index (χ1v) is 8.71. The maximum Gasteiger partial charge on any atom is 0.199 e. The molecule has 26 heavy (non-hydrogen) atoms. The fourth-order valence-electron chi connectivity index (χ4n) is 3.30. The second-order valence-electron chi connectivity index (χ2n) is 6.08. The summed E-state index contributed by atoms with van der Waals surface area (Å²) in [5, 5.41) is 5.50. The van der Waals surface area contributed by atoms with Crippen LogP contribution in [-0.4, -0.2) is 11.1 Å². The lowest BCUT2D eigenvalue weighted by Gasteiger charge is -2.19. The van der Waals surface area contributed by atoms with Crippen molar-refractivity contribution in [3.05, 3.63) is 83.9 Å². The van der Waals surface area contributed by atoms with E-state index in [1.54, 1.807) is 0 Å². The third-order valence-corrected chi connectivity index (χ3v) is 4.66. The van der Waals surface area contributed by atoms with Crippen LogP contribution in [0.5, 0.6) is 0 Å². The second kappa shape index (κ2) is 6.00. The summed E-state index contributed by atoms with van der Waals surface area (Å²) in [6.07, 6.45) is -0.367. The van der Waals surface area contributed by atoms with Crippen LogP contribution < -0.4 is 5.32 Å². The van der Waals surface area contributed by atoms with Gasteiger partial charge in [0.25, 0.3) is 0 Å². The van der Waals surface area contributed by atoms with E-state index in [1.807, 2.05) is 66.7 Å². The third-order valence-electron chi connectivity index (χ3n) is 4.46. The second-order valence-corrected chi connectivity index (χ2v) is 6.44. The Kier molecular flexibility index (Phi) is 3.50. The van der Waals surface area contributed by atoms with E-state index in [0.29, 0.717) is 11.1 Å². The van der Waals surface area contributed by atoms with E-state index in [2.05, 4.69) is 16.4 Å². The van der Waals surface area contributed by atoms with Gasteiger partial charge in [-0.1, -0.05) is 60.7 Å². The zero-order chi connectivity index (χ0) is 17.5. The monoisotopic (exact) mass is 359 g/mol. The van der Waals surface area contributed by atoms with Gasteiger partial charge in [0.15, 0.2) is 11.5 Å². The Bertz CT molecular complexity index is 1180. The van der Waals surface area contributed by atoms with Crippen molar-refractivity contribution < 1.29 is 4.42 Å². The molecule has 0 aliphatic carbocycles. The summed E-state index contributed by atoms with van der Waals surface area (Å²) in [6.45, 7) is 0. The standard InChI is InChI=1S/C21H14ClN3O/c22-21-24-19(13-7-2-1-3-8-13)23-20(25-21)15-10-6-12-17-18(15)14-9-4-5-11-16(14)26-17/h1-12,19H,(H,23,24,25). The molecule has 5 heteroatoms. The average Bonchev–Trinajstić information content (AvgIpc) is 3.07. The minimum Gasteiger partial charge on any atom is -0.456 e. The molecule has 0 saturated carbocycles. The van der Waals surface area contributed by atoms with E-state index in [4.69, 9.17) is 21.0 Å². The third kappa shape index (κ3) is 2.47. The molecule has 1 aromatic heterocycles. The maximum absolute atomic E-state index is 6.28. The first-order valence-electron chi connectivity index (χ1n) is 8.33. The van der Waals surface area contributed by atoms with Gasteiger partial charge in [-0.15, -0.1) is 0 Å². The van der Waals surface area contributed by atoms with Crippen LogP contribution in [-0.2, 0) is 0 Å². The lowest BCUT2D eigenvalue weighted by Crippen LogP contribution is -2.32. The molecule has 3 aromatic carbocycles. The van der Waals surface area contributed by atoms with Crippen molar-refractivity contribution in [1.29, 1.82) is 0 Å². The van der Waals surface area contributed by atoms with Gasteiger partial charge < -0.3 is 9.73 Å². The summed E-state index contributed by atoms with van der Waals surface area (Å²) in [4.78, 5) is 9.22. The number of nitrogens with zero attached hydrogens (tertiary/aromatic N) is 2. The highest BCUT2D eigenvalue weighted by molar-refractivity contribution is 6.66. The zero-order valence-corrected chi connectivity index (χ0v) is 14.4. The van der Waals surface area contributed by atoms with E-state index in [1.165, 1.54) is 0 Å². The number of hydrogen-bond acceptors (Lipinski definition) is 4. The Morgan fingerprint density at radius 1 is 0.808 bits per heavy atom. The van der Waals surface area contributed by atoms with Crippen molar-refractivity contribution in [3.8, 4) is 0 Å². The lowest BCUT2D eigenvalue weighted by atomic mass is 10.0. The summed E-state index contributed by atoms with van der Waals surface area (Å²) in [5.74, 6) is 0.691. The van der Waals surface area contributed by atoms with Gasteiger partial charge in [0, 0.05) is 16.3 Å². The van der Waals surface area contributed by atoms with E-state index in [-0.39, 0.29) is 6.17 Å². The average molecular weight is 360 g/mol. The van der Waals surface area contributed by atoms with E-state index < -0.39 is 0 Å². The molecule has 0 amide bonds. The van der Waals surface area contributed by atoms with Gasteiger partial charge in [-0.25, -0.2) is 9.98 Å². The van der Waals surface area contributed by atoms with Crippen molar-refractivity contribution in [2.24, 2.45) is 9.98 Å². The predicted octanol–water partition coefficient (Wildman–Crippen LogP) is 5.23. The number of amidine groups is 2. The van der Waals surface area contributed by atoms with Crippen LogP contribution in [0.1, 0.15) is 17.3 Å². The van der Waals surface area contributed by atoms with Crippen molar-refractivity contribution in [3.63, 3.8) is 0 Å². The smallest absolute Gasteiger partial charge is 0.199 e. The highest BCUT2D eigenvalue weighted by atomic mass is 35.5. The summed E-state index contributed by atoms with van der Waals surface area (Å²) < 4.78 is 5.98. The molecule has 4 nitrogen and oxygen atoms in total. The van der Waals surface area contributed by atoms with Crippen LogP contribution in [0, 0.1) is 0 Å². The molecule has 0 fully saturated rings. The number of fused-ring (bicyclic) bond motifs is 3. The minimum atomic E-state index is -0.367. The van der Waals surface area contributed by atoms with Crippen LogP contribution in [0.2, 0.25) is 0 Å². The van der Waals surface area contributed by atoms with Gasteiger partial charge in [-0.3, -0.25) is 0 Å². The van der Waals surface area contributed by atoms with Crippen LogP contribution in [0.3, 0.4) is 0 Å². The number of furan rings is 1. The molecule has 0 spiro atoms. The molecular weight excluding hydrogens is 346 g/mol. The molecular formula is C21H14ClN3O. The molecule has 5 rings (SSSR count). The summed E-state index contributed by atoms with van der Waals surface area (Å²) >= 11 is 6.28. The van der Waals surface area contributed by atoms with Gasteiger partial charge in [-0.05, 0) is 29.3 Å². The largest absolute Gasteiger partial charge is 0.456 e. The molecule has 0 saturated heterocycles. The number of halogens is 1. The highest BCUT2D eigenvalue weighted by Gasteiger charge is 2.21. The number of nitrogens with one attached hydrogen (secondary N) is 1. The number of para-hydroxylation sites is 1. The Labute approximate surface area is 154 Å². The first kappa shape index (κ1) is 15.2. The van der Waals surface area contributed by atoms with Crippen LogP contribution in [0.25, 0.3) is 21.9 Å². The molecule has 0 radical (unpaired) electrons. The molecule has 1 aliphatic rings. The molecule has 1 atom stereocenters. The molecule has 1 aliphatic heterocycles. The normalized spacial score (nSPS) is 17.0. The number of hydrogen-bond donors (Lipinski definition) is 1. The van der Waals surface area contributed by atoms with E-state index >= 15 is 0 Å². The fourth-order valence-corrected chi connectivity index (χ4v) is 3.49. The molecule has 1 N–H and O–H groups in total. The van der Waals surface area contributed by atoms with Gasteiger partial charge in [0.1, 0.15) is 17.0 Å². The molecule has 1 unspecified atom stereocenters. The topological polar surface area (TPSA) is 49.9 Å². The SMILES string of the molecule is ClC1=NC(c2ccccc2)N=C(c2cccc3oc4ccccc4c23)N1. The fraction of sp³-hybridized carbons (Fsp3) is 0.0476. The Hall–Kier alpha value is -3.11. The maximum atomic E-state index is 6.28. The molecule has 2 heterocycles. The quantitative estimate of drug-likeness (QED) is 0.498. The van der Waals surface area contributed by atoms with Gasteiger partial charge >= 0.3 is 0 Å². The number of benzene rings is 3. The van der Waals surface area contributed by atoms with Gasteiger partial charge in [-0.2, -0.15) is 0 Å². The minimum absolute atomic E-state index is 0.327. The first-order chi connectivity index (χ1) is 12.8. The van der Waals surface area contributed by atoms with Crippen LogP contribution in [0.4, 0.5) is 0 Å². The van der Waals surface area contributed by atoms with Crippen molar-refractivity contribution in [1.82, 2.24) is 5.32 Å². The molecule has 0 bridgehead atoms. The van der Waals surface area contributed by atoms with Crippen LogP contribution >= 0.6 is 11.6 Å². The predicted molar refractivity (Wildman–Crippen MR) is 106 cm³/mol. The van der Waals surface area contributed by atoms with Crippen molar-refractivity contribution in [2.45, 2.75) is 6.17 Å². The Balaban J connectivity index is 1.71. The van der Waals surface area contributed by atoms with E-state index in [9.17, 15) is 0 Å². The van der Waals surface area contributed by atoms with Crippen molar-refractivity contribution >= 4 is 44.7 Å². The van der Waals surface area contributed by atoms with Crippen molar-refractivity contribution in [2.75, 3.05) is 0 Å². The van der Waals surface area contributed by atoms with Crippen LogP contribution in [0.15, 0.2) is 87.2 Å². The molecule has 4 aromatic rings. The van der Waals surface area contributed by atoms with Gasteiger partial charge in [0.2, 0.25) is 0 Å². The molecule has 126 valence electrons. The summed E-state index contributed by atoms with van der Waals surface area (Å²) in [7, 11) is 0. The lowest BCUT2D eigenvalue weighted by molar-refractivity contribution is 0.669. The zero-order valence-electron chi connectivity index (χ0n) is 13.7.